The van der Waals surface area contributed by atoms with Crippen LogP contribution in [-0.4, -0.2) is 9.38 Å². The third-order valence-electron chi connectivity index (χ3n) is 14.9. The Labute approximate surface area is 332 Å². The van der Waals surface area contributed by atoms with Crippen LogP contribution < -0.4 is 0 Å². The Balaban J connectivity index is 1.25. The summed E-state index contributed by atoms with van der Waals surface area (Å²) in [5.41, 5.74) is 22.8. The lowest BCUT2D eigenvalue weighted by Crippen LogP contribution is -2.37. The molecule has 3 heterocycles. The molecule has 272 valence electrons. The number of pyridine rings is 1. The molecule has 0 aliphatic heterocycles. The number of aromatic nitrogens is 2. The van der Waals surface area contributed by atoms with Gasteiger partial charge in [0.1, 0.15) is 0 Å². The van der Waals surface area contributed by atoms with Crippen molar-refractivity contribution in [2.45, 2.75) is 76.0 Å². The zero-order valence-electron chi connectivity index (χ0n) is 32.8. The van der Waals surface area contributed by atoms with Crippen molar-refractivity contribution in [3.63, 3.8) is 0 Å². The molecule has 3 heteroatoms. The molecule has 6 bridgehead atoms. The van der Waals surface area contributed by atoms with Gasteiger partial charge in [0.2, 0.25) is 0 Å². The highest BCUT2D eigenvalue weighted by Gasteiger charge is 2.47. The van der Waals surface area contributed by atoms with E-state index in [0.717, 1.165) is 42.3 Å². The van der Waals surface area contributed by atoms with Crippen LogP contribution in [0.3, 0.4) is 0 Å². The fraction of sp³-hybridized carbons (Fsp3) is 0.222. The number of aryl methyl sites for hydroxylation is 4. The van der Waals surface area contributed by atoms with E-state index in [4.69, 9.17) is 4.98 Å². The lowest BCUT2D eigenvalue weighted by atomic mass is 9.59. The van der Waals surface area contributed by atoms with Crippen LogP contribution in [0.15, 0.2) is 115 Å². The van der Waals surface area contributed by atoms with Crippen molar-refractivity contribution in [2.75, 3.05) is 0 Å². The number of nitriles is 1. The molecule has 0 radical (unpaired) electrons. The summed E-state index contributed by atoms with van der Waals surface area (Å²) in [6.07, 6.45) is 6.10. The molecule has 5 aliphatic carbocycles. The molecule has 0 fully saturated rings. The van der Waals surface area contributed by atoms with Crippen LogP contribution in [0.2, 0.25) is 0 Å². The second-order valence-electron chi connectivity index (χ2n) is 18.4. The van der Waals surface area contributed by atoms with Gasteiger partial charge in [0.25, 0.3) is 0 Å². The van der Waals surface area contributed by atoms with Gasteiger partial charge in [-0.3, -0.25) is 4.98 Å². The van der Waals surface area contributed by atoms with Gasteiger partial charge in [-0.2, -0.15) is 5.26 Å². The molecule has 3 nitrogen and oxygen atoms in total. The normalized spacial score (nSPS) is 19.2. The summed E-state index contributed by atoms with van der Waals surface area (Å²) < 4.78 is 2.56. The van der Waals surface area contributed by atoms with Gasteiger partial charge in [-0.15, -0.1) is 0 Å². The predicted octanol–water partition coefficient (Wildman–Crippen LogP) is 11.9. The SMILES string of the molecule is CC1(C)c2ccccc2C(C)(C)c2c1ncc1c2c2c3cc(c4c5c6c(c(C#N)cc5n1c42)C1c2ccccc2C6c2ccccc21)CCc1cccc(c1)CC3. The number of hydrogen-bond acceptors (Lipinski definition) is 2. The van der Waals surface area contributed by atoms with E-state index >= 15 is 0 Å². The van der Waals surface area contributed by atoms with Gasteiger partial charge in [0.05, 0.1) is 40.1 Å². The third-order valence-corrected chi connectivity index (χ3v) is 14.9. The van der Waals surface area contributed by atoms with Crippen LogP contribution in [0.5, 0.6) is 0 Å². The first kappa shape index (κ1) is 31.9. The van der Waals surface area contributed by atoms with Crippen LogP contribution >= 0.6 is 0 Å². The van der Waals surface area contributed by atoms with E-state index in [9.17, 15) is 5.26 Å². The van der Waals surface area contributed by atoms with E-state index < -0.39 is 0 Å². The summed E-state index contributed by atoms with van der Waals surface area (Å²) in [7, 11) is 0. The average molecular weight is 732 g/mol. The molecule has 3 aromatic heterocycles. The Hall–Kier alpha value is -6.24. The molecule has 0 atom stereocenters. The molecule has 0 amide bonds. The monoisotopic (exact) mass is 731 g/mol. The zero-order valence-corrected chi connectivity index (χ0v) is 32.8. The summed E-state index contributed by atoms with van der Waals surface area (Å²) in [5, 5.41) is 16.6. The van der Waals surface area contributed by atoms with E-state index in [1.54, 1.807) is 0 Å². The molecule has 0 saturated heterocycles. The van der Waals surface area contributed by atoms with Gasteiger partial charge in [0, 0.05) is 44.2 Å². The summed E-state index contributed by atoms with van der Waals surface area (Å²) in [6.45, 7) is 9.55. The second-order valence-corrected chi connectivity index (χ2v) is 18.4. The molecule has 5 aliphatic rings. The van der Waals surface area contributed by atoms with Crippen molar-refractivity contribution in [1.29, 1.82) is 5.26 Å². The van der Waals surface area contributed by atoms with Crippen molar-refractivity contribution in [2.24, 2.45) is 0 Å². The van der Waals surface area contributed by atoms with Gasteiger partial charge in [-0.05, 0) is 104 Å². The predicted molar refractivity (Wildman–Crippen MR) is 230 cm³/mol. The lowest BCUT2D eigenvalue weighted by molar-refractivity contribution is 0.510. The van der Waals surface area contributed by atoms with Crippen LogP contribution in [0, 0.1) is 11.3 Å². The average Bonchev–Trinajstić information content (AvgIpc) is 3.76. The zero-order chi connectivity index (χ0) is 38.1. The summed E-state index contributed by atoms with van der Waals surface area (Å²) >= 11 is 0. The fourth-order valence-corrected chi connectivity index (χ4v) is 12.5. The van der Waals surface area contributed by atoms with Crippen LogP contribution in [-0.2, 0) is 36.5 Å². The largest absolute Gasteiger partial charge is 0.306 e. The molecule has 57 heavy (non-hydrogen) atoms. The van der Waals surface area contributed by atoms with Gasteiger partial charge < -0.3 is 4.40 Å². The Kier molecular flexibility index (Phi) is 5.92. The van der Waals surface area contributed by atoms with Crippen molar-refractivity contribution in [1.82, 2.24) is 9.38 Å². The lowest BCUT2D eigenvalue weighted by Gasteiger charge is -2.43. The molecule has 0 spiro atoms. The molecule has 9 aromatic rings. The van der Waals surface area contributed by atoms with Crippen LogP contribution in [0.4, 0.5) is 0 Å². The number of hydrogen-bond donors (Lipinski definition) is 0. The maximum Gasteiger partial charge on any atom is 0.0995 e. The van der Waals surface area contributed by atoms with E-state index in [0.29, 0.717) is 0 Å². The molecule has 0 N–H and O–H groups in total. The van der Waals surface area contributed by atoms with E-state index in [2.05, 4.69) is 154 Å². The molecule has 6 aromatic carbocycles. The Morgan fingerprint density at radius 2 is 1.14 bits per heavy atom. The van der Waals surface area contributed by atoms with Crippen LogP contribution in [0.1, 0.15) is 123 Å². The number of rotatable bonds is 0. The Morgan fingerprint density at radius 3 is 1.75 bits per heavy atom. The standard InChI is InChI=1S/C54H41N3/c1-53(2)38-18-9-10-19-39(38)54(3,4)52-50(53)48-41(28-56-52)57-40-26-33(27-55)42-45-34-14-5-7-16-36(34)46(37-17-8-6-15-35(37)45)49(42)47(40)43-31-22-20-29-12-11-13-30(24-29)21-23-32(25-31)44(48)51(43)57/h5-19,24-26,28,45-46H,20-23H2,1-4H3. The third kappa shape index (κ3) is 3.76. The number of benzene rings is 6. The van der Waals surface area contributed by atoms with E-state index in [-0.39, 0.29) is 22.7 Å². The molecule has 0 unspecified atom stereocenters. The topological polar surface area (TPSA) is 41.1 Å². The Morgan fingerprint density at radius 1 is 0.579 bits per heavy atom. The highest BCUT2D eigenvalue weighted by atomic mass is 14.9. The molecular weight excluding hydrogens is 691 g/mol. The highest BCUT2D eigenvalue weighted by Crippen LogP contribution is 2.61. The van der Waals surface area contributed by atoms with Gasteiger partial charge in [0.15, 0.2) is 0 Å². The van der Waals surface area contributed by atoms with Crippen molar-refractivity contribution >= 4 is 38.1 Å². The first-order chi connectivity index (χ1) is 27.8. The first-order valence-corrected chi connectivity index (χ1v) is 20.8. The molecular formula is C54H41N3. The first-order valence-electron chi connectivity index (χ1n) is 20.8. The second kappa shape index (κ2) is 10.6. The maximum atomic E-state index is 11.2. The van der Waals surface area contributed by atoms with Gasteiger partial charge in [-0.1, -0.05) is 131 Å². The number of fused-ring (bicyclic) bond motifs is 15. The van der Waals surface area contributed by atoms with Gasteiger partial charge in [-0.25, -0.2) is 0 Å². The minimum atomic E-state index is -0.273. The summed E-state index contributed by atoms with van der Waals surface area (Å²) in [5.74, 6) is 0.0768. The molecule has 14 rings (SSSR count). The molecule has 0 saturated carbocycles. The maximum absolute atomic E-state index is 11.2. The van der Waals surface area contributed by atoms with E-state index in [1.165, 1.54) is 105 Å². The highest BCUT2D eigenvalue weighted by molar-refractivity contribution is 6.27. The van der Waals surface area contributed by atoms with Crippen molar-refractivity contribution in [3.05, 3.63) is 199 Å². The minimum absolute atomic E-state index is 0.0254. The van der Waals surface area contributed by atoms with Gasteiger partial charge >= 0.3 is 0 Å². The Bertz CT molecular complexity index is 3280. The quantitative estimate of drug-likeness (QED) is 0.156. The fourth-order valence-electron chi connectivity index (χ4n) is 12.5. The number of nitrogens with zero attached hydrogens (tertiary/aromatic N) is 3. The van der Waals surface area contributed by atoms with E-state index in [1.807, 2.05) is 0 Å². The minimum Gasteiger partial charge on any atom is -0.306 e. The summed E-state index contributed by atoms with van der Waals surface area (Å²) in [4.78, 5) is 5.51. The summed E-state index contributed by atoms with van der Waals surface area (Å²) in [6, 6.07) is 44.1. The smallest absolute Gasteiger partial charge is 0.0995 e. The van der Waals surface area contributed by atoms with Crippen LogP contribution in [0.25, 0.3) is 38.1 Å². The van der Waals surface area contributed by atoms with Crippen molar-refractivity contribution < 1.29 is 0 Å². The van der Waals surface area contributed by atoms with Crippen molar-refractivity contribution in [3.8, 4) is 6.07 Å².